The van der Waals surface area contributed by atoms with Gasteiger partial charge in [0.05, 0.1) is 19.4 Å². The van der Waals surface area contributed by atoms with Gasteiger partial charge >= 0.3 is 6.03 Å². The van der Waals surface area contributed by atoms with Gasteiger partial charge < -0.3 is 14.6 Å². The van der Waals surface area contributed by atoms with E-state index in [1.807, 2.05) is 29.2 Å². The Hall–Kier alpha value is -3.13. The molecular formula is C21H26N4O4. The first-order chi connectivity index (χ1) is 14.0. The van der Waals surface area contributed by atoms with Crippen LogP contribution in [-0.2, 0) is 17.8 Å². The van der Waals surface area contributed by atoms with Crippen molar-refractivity contribution in [3.63, 3.8) is 0 Å². The highest BCUT2D eigenvalue weighted by Crippen LogP contribution is 2.11. The summed E-state index contributed by atoms with van der Waals surface area (Å²) in [4.78, 5) is 40.2. The minimum absolute atomic E-state index is 0.00839. The fourth-order valence-corrected chi connectivity index (χ4v) is 3.17. The molecule has 1 aliphatic rings. The zero-order valence-corrected chi connectivity index (χ0v) is 16.5. The molecule has 29 heavy (non-hydrogen) atoms. The number of furan rings is 1. The van der Waals surface area contributed by atoms with E-state index in [2.05, 4.69) is 17.6 Å². The maximum atomic E-state index is 12.6. The average Bonchev–Trinajstić information content (AvgIpc) is 3.26. The summed E-state index contributed by atoms with van der Waals surface area (Å²) >= 11 is 0. The number of carbonyl (C=O) groups excluding carboxylic acids is 3. The Kier molecular flexibility index (Phi) is 7.02. The second-order valence-corrected chi connectivity index (χ2v) is 6.93. The smallest absolute Gasteiger partial charge is 0.321 e. The lowest BCUT2D eigenvalue weighted by Gasteiger charge is -2.34. The topological polar surface area (TPSA) is 94.9 Å². The van der Waals surface area contributed by atoms with Gasteiger partial charge in [-0.05, 0) is 36.2 Å². The number of rotatable bonds is 6. The highest BCUT2D eigenvalue weighted by molar-refractivity contribution is 5.95. The molecule has 8 nitrogen and oxygen atoms in total. The summed E-state index contributed by atoms with van der Waals surface area (Å²) < 4.78 is 5.12. The van der Waals surface area contributed by atoms with Crippen molar-refractivity contribution >= 4 is 17.8 Å². The Morgan fingerprint density at radius 2 is 1.76 bits per heavy atom. The molecule has 1 aliphatic heterocycles. The first-order valence-corrected chi connectivity index (χ1v) is 9.75. The van der Waals surface area contributed by atoms with Crippen molar-refractivity contribution in [1.29, 1.82) is 0 Å². The first kappa shape index (κ1) is 20.6. The summed E-state index contributed by atoms with van der Waals surface area (Å²) in [5, 5.41) is 4.87. The van der Waals surface area contributed by atoms with Crippen LogP contribution in [0.4, 0.5) is 4.79 Å². The van der Waals surface area contributed by atoms with Crippen molar-refractivity contribution in [2.24, 2.45) is 0 Å². The Morgan fingerprint density at radius 1 is 1.03 bits per heavy atom. The third-order valence-corrected chi connectivity index (χ3v) is 4.89. The van der Waals surface area contributed by atoms with Crippen molar-refractivity contribution in [2.45, 2.75) is 19.9 Å². The van der Waals surface area contributed by atoms with Crippen LogP contribution in [-0.4, -0.2) is 60.4 Å². The Bertz CT molecular complexity index is 825. The molecule has 8 heteroatoms. The maximum Gasteiger partial charge on any atom is 0.321 e. The van der Waals surface area contributed by atoms with Crippen LogP contribution in [0, 0.1) is 0 Å². The third kappa shape index (κ3) is 5.92. The number of benzene rings is 1. The normalized spacial score (nSPS) is 14.4. The van der Waals surface area contributed by atoms with Crippen molar-refractivity contribution in [2.75, 3.05) is 32.7 Å². The van der Waals surface area contributed by atoms with Crippen molar-refractivity contribution in [1.82, 2.24) is 20.4 Å². The molecule has 0 radical (unpaired) electrons. The van der Waals surface area contributed by atoms with E-state index in [1.165, 1.54) is 11.8 Å². The number of hydrogen-bond acceptors (Lipinski definition) is 5. The molecule has 2 heterocycles. The van der Waals surface area contributed by atoms with E-state index in [0.717, 1.165) is 6.42 Å². The van der Waals surface area contributed by atoms with Gasteiger partial charge in [-0.15, -0.1) is 0 Å². The predicted octanol–water partition coefficient (Wildman–Crippen LogP) is 1.63. The Balaban J connectivity index is 1.38. The van der Waals surface area contributed by atoms with Gasteiger partial charge in [-0.3, -0.25) is 19.8 Å². The van der Waals surface area contributed by atoms with Crippen molar-refractivity contribution < 1.29 is 18.8 Å². The minimum atomic E-state index is -0.560. The van der Waals surface area contributed by atoms with Gasteiger partial charge in [-0.2, -0.15) is 0 Å². The number of hydrogen-bond donors (Lipinski definition) is 2. The van der Waals surface area contributed by atoms with Gasteiger partial charge in [0.1, 0.15) is 5.76 Å². The fraction of sp³-hybridized carbons (Fsp3) is 0.381. The van der Waals surface area contributed by atoms with Crippen molar-refractivity contribution in [3.8, 4) is 0 Å². The standard InChI is InChI=1S/C21H26N4O4/c1-2-16-5-7-17(8-6-16)20(27)25-11-9-24(10-12-25)15-19(26)23-21(28)22-14-18-4-3-13-29-18/h3-8,13H,2,9-12,14-15H2,1H3,(H2,22,23,26,28). The number of urea groups is 1. The largest absolute Gasteiger partial charge is 0.467 e. The molecule has 0 atom stereocenters. The molecular weight excluding hydrogens is 372 g/mol. The van der Waals surface area contributed by atoms with E-state index in [1.54, 1.807) is 17.0 Å². The van der Waals surface area contributed by atoms with E-state index < -0.39 is 6.03 Å². The van der Waals surface area contributed by atoms with Gasteiger partial charge in [0.25, 0.3) is 5.91 Å². The van der Waals surface area contributed by atoms with E-state index in [0.29, 0.717) is 37.5 Å². The number of nitrogens with one attached hydrogen (secondary N) is 2. The highest BCUT2D eigenvalue weighted by atomic mass is 16.3. The van der Waals surface area contributed by atoms with Crippen LogP contribution in [0.5, 0.6) is 0 Å². The molecule has 3 rings (SSSR count). The first-order valence-electron chi connectivity index (χ1n) is 9.75. The molecule has 2 N–H and O–H groups in total. The summed E-state index contributed by atoms with van der Waals surface area (Å²) in [7, 11) is 0. The van der Waals surface area contributed by atoms with Crippen LogP contribution >= 0.6 is 0 Å². The van der Waals surface area contributed by atoms with Gasteiger partial charge in [0, 0.05) is 31.7 Å². The van der Waals surface area contributed by atoms with Crippen LogP contribution in [0.3, 0.4) is 0 Å². The molecule has 0 spiro atoms. The molecule has 4 amide bonds. The number of carbonyl (C=O) groups is 3. The molecule has 1 saturated heterocycles. The molecule has 0 saturated carbocycles. The SMILES string of the molecule is CCc1ccc(C(=O)N2CCN(CC(=O)NC(=O)NCc3ccco3)CC2)cc1. The van der Waals surface area contributed by atoms with Gasteiger partial charge in [0.15, 0.2) is 0 Å². The third-order valence-electron chi connectivity index (χ3n) is 4.89. The highest BCUT2D eigenvalue weighted by Gasteiger charge is 2.23. The number of aryl methyl sites for hydroxylation is 1. The zero-order chi connectivity index (χ0) is 20.6. The fourth-order valence-electron chi connectivity index (χ4n) is 3.17. The van der Waals surface area contributed by atoms with Crippen LogP contribution in [0.25, 0.3) is 0 Å². The quantitative estimate of drug-likeness (QED) is 0.771. The van der Waals surface area contributed by atoms with Crippen LogP contribution < -0.4 is 10.6 Å². The van der Waals surface area contributed by atoms with Crippen LogP contribution in [0.15, 0.2) is 47.1 Å². The summed E-state index contributed by atoms with van der Waals surface area (Å²) in [6.07, 6.45) is 2.46. The minimum Gasteiger partial charge on any atom is -0.467 e. The van der Waals surface area contributed by atoms with Gasteiger partial charge in [-0.1, -0.05) is 19.1 Å². The lowest BCUT2D eigenvalue weighted by Crippen LogP contribution is -2.52. The van der Waals surface area contributed by atoms with Gasteiger partial charge in [0.2, 0.25) is 5.91 Å². The van der Waals surface area contributed by atoms with E-state index in [4.69, 9.17) is 4.42 Å². The second kappa shape index (κ2) is 9.88. The molecule has 1 fully saturated rings. The summed E-state index contributed by atoms with van der Waals surface area (Å²) in [5.74, 6) is 0.239. The van der Waals surface area contributed by atoms with E-state index in [-0.39, 0.29) is 24.9 Å². The monoisotopic (exact) mass is 398 g/mol. The predicted molar refractivity (Wildman–Crippen MR) is 107 cm³/mol. The van der Waals surface area contributed by atoms with E-state index in [9.17, 15) is 14.4 Å². The summed E-state index contributed by atoms with van der Waals surface area (Å²) in [5.41, 5.74) is 1.88. The van der Waals surface area contributed by atoms with Crippen LogP contribution in [0.1, 0.15) is 28.6 Å². The molecule has 0 bridgehead atoms. The Labute approximate surface area is 169 Å². The molecule has 0 unspecified atom stereocenters. The number of piperazine rings is 1. The van der Waals surface area contributed by atoms with Crippen LogP contribution in [0.2, 0.25) is 0 Å². The number of nitrogens with zero attached hydrogens (tertiary/aromatic N) is 2. The maximum absolute atomic E-state index is 12.6. The Morgan fingerprint density at radius 3 is 2.38 bits per heavy atom. The van der Waals surface area contributed by atoms with Crippen molar-refractivity contribution in [3.05, 3.63) is 59.5 Å². The zero-order valence-electron chi connectivity index (χ0n) is 16.5. The molecule has 2 aromatic rings. The molecule has 1 aromatic heterocycles. The average molecular weight is 398 g/mol. The number of imide groups is 1. The van der Waals surface area contributed by atoms with Gasteiger partial charge in [-0.25, -0.2) is 4.79 Å². The lowest BCUT2D eigenvalue weighted by atomic mass is 10.1. The van der Waals surface area contributed by atoms with E-state index >= 15 is 0 Å². The summed E-state index contributed by atoms with van der Waals surface area (Å²) in [6.45, 7) is 4.67. The lowest BCUT2D eigenvalue weighted by molar-refractivity contribution is -0.121. The number of amides is 4. The molecule has 1 aromatic carbocycles. The summed E-state index contributed by atoms with van der Waals surface area (Å²) in [6, 6.07) is 10.6. The molecule has 154 valence electrons. The molecule has 0 aliphatic carbocycles. The second-order valence-electron chi connectivity index (χ2n) is 6.93.